The van der Waals surface area contributed by atoms with Gasteiger partial charge in [-0.2, -0.15) is 0 Å². The average Bonchev–Trinajstić information content (AvgIpc) is 2.34. The Balaban J connectivity index is 3.12. The average molecular weight is 170 g/mol. The molecule has 0 aliphatic heterocycles. The normalized spacial score (nSPS) is 10.8. The number of nitrogens with zero attached hydrogens (tertiary/aromatic N) is 4. The van der Waals surface area contributed by atoms with Crippen LogP contribution in [0.25, 0.3) is 0 Å². The predicted octanol–water partition coefficient (Wildman–Crippen LogP) is 0.136. The predicted molar refractivity (Wildman–Crippen MR) is 39.2 cm³/mol. The van der Waals surface area contributed by atoms with Crippen molar-refractivity contribution in [1.82, 2.24) is 9.55 Å². The zero-order chi connectivity index (χ0) is 9.14. The first kappa shape index (κ1) is 8.18. The maximum Gasteiger partial charge on any atom is 0.342 e. The lowest BCUT2D eigenvalue weighted by molar-refractivity contribution is -0.391. The van der Waals surface area contributed by atoms with E-state index >= 15 is 0 Å². The van der Waals surface area contributed by atoms with Crippen LogP contribution in [0, 0.1) is 10.1 Å². The Labute approximate surface area is 67.1 Å². The molecule has 7 nitrogen and oxygen atoms in total. The monoisotopic (exact) mass is 170 g/mol. The SMILES string of the molecule is Cn1c([N+](=O)[O-])cnc1/C=N/O. The van der Waals surface area contributed by atoms with E-state index in [1.165, 1.54) is 11.6 Å². The smallest absolute Gasteiger partial charge is 0.342 e. The number of imidazole rings is 1. The largest absolute Gasteiger partial charge is 0.411 e. The molecule has 7 heteroatoms. The molecule has 0 aliphatic rings. The first-order valence-corrected chi connectivity index (χ1v) is 3.00. The third kappa shape index (κ3) is 1.24. The van der Waals surface area contributed by atoms with E-state index < -0.39 is 4.92 Å². The topological polar surface area (TPSA) is 93.5 Å². The van der Waals surface area contributed by atoms with Gasteiger partial charge >= 0.3 is 5.82 Å². The molecule has 0 spiro atoms. The molecule has 1 heterocycles. The van der Waals surface area contributed by atoms with E-state index in [-0.39, 0.29) is 11.6 Å². The van der Waals surface area contributed by atoms with Gasteiger partial charge in [0.25, 0.3) is 0 Å². The van der Waals surface area contributed by atoms with Gasteiger partial charge in [-0.15, -0.1) is 0 Å². The van der Waals surface area contributed by atoms with E-state index in [1.54, 1.807) is 0 Å². The third-order valence-electron chi connectivity index (χ3n) is 1.36. The van der Waals surface area contributed by atoms with E-state index in [0.29, 0.717) is 0 Å². The highest BCUT2D eigenvalue weighted by atomic mass is 16.6. The summed E-state index contributed by atoms with van der Waals surface area (Å²) in [6.45, 7) is 0. The van der Waals surface area contributed by atoms with Crippen LogP contribution in [0.5, 0.6) is 0 Å². The Morgan fingerprint density at radius 3 is 3.00 bits per heavy atom. The van der Waals surface area contributed by atoms with E-state index in [0.717, 1.165) is 12.4 Å². The molecule has 0 saturated carbocycles. The minimum absolute atomic E-state index is 0.148. The molecule has 0 aromatic carbocycles. The van der Waals surface area contributed by atoms with E-state index in [1.807, 2.05) is 0 Å². The van der Waals surface area contributed by atoms with Crippen LogP contribution in [-0.2, 0) is 7.05 Å². The minimum atomic E-state index is -0.568. The zero-order valence-corrected chi connectivity index (χ0v) is 6.21. The standard InChI is InChI=1S/C5H6N4O3/c1-8-4(2-7-10)6-3-5(8)9(11)12/h2-3,10H,1H3/b7-2+. The van der Waals surface area contributed by atoms with E-state index in [9.17, 15) is 10.1 Å². The summed E-state index contributed by atoms with van der Waals surface area (Å²) < 4.78 is 1.21. The molecule has 0 aliphatic carbocycles. The molecular weight excluding hydrogens is 164 g/mol. The van der Waals surface area contributed by atoms with Crippen molar-refractivity contribution in [2.45, 2.75) is 0 Å². The van der Waals surface area contributed by atoms with Crippen LogP contribution in [0.1, 0.15) is 5.82 Å². The number of oxime groups is 1. The van der Waals surface area contributed by atoms with Gasteiger partial charge in [-0.1, -0.05) is 5.16 Å². The molecule has 0 radical (unpaired) electrons. The molecule has 1 aromatic rings. The van der Waals surface area contributed by atoms with Crippen LogP contribution >= 0.6 is 0 Å². The second-order valence-corrected chi connectivity index (χ2v) is 2.04. The lowest BCUT2D eigenvalue weighted by Gasteiger charge is -1.92. The minimum Gasteiger partial charge on any atom is -0.411 e. The fraction of sp³-hybridized carbons (Fsp3) is 0.200. The molecule has 1 rings (SSSR count). The zero-order valence-electron chi connectivity index (χ0n) is 6.21. The van der Waals surface area contributed by atoms with Gasteiger partial charge in [0, 0.05) is 0 Å². The lowest BCUT2D eigenvalue weighted by Crippen LogP contribution is -2.00. The fourth-order valence-electron chi connectivity index (χ4n) is 0.756. The van der Waals surface area contributed by atoms with Crippen LogP contribution in [0.2, 0.25) is 0 Å². The summed E-state index contributed by atoms with van der Waals surface area (Å²) in [5.74, 6) is 0.0779. The number of nitro groups is 1. The van der Waals surface area contributed by atoms with Gasteiger partial charge < -0.3 is 15.3 Å². The van der Waals surface area contributed by atoms with Gasteiger partial charge in [-0.25, -0.2) is 9.55 Å². The summed E-state index contributed by atoms with van der Waals surface area (Å²) in [5, 5.41) is 21.1. The number of rotatable bonds is 2. The van der Waals surface area contributed by atoms with Gasteiger partial charge in [-0.05, 0) is 4.92 Å². The van der Waals surface area contributed by atoms with Crippen molar-refractivity contribution < 1.29 is 10.1 Å². The van der Waals surface area contributed by atoms with Crippen LogP contribution < -0.4 is 0 Å². The van der Waals surface area contributed by atoms with Crippen molar-refractivity contribution >= 4 is 12.0 Å². The summed E-state index contributed by atoms with van der Waals surface area (Å²) in [6.07, 6.45) is 2.12. The highest BCUT2D eigenvalue weighted by molar-refractivity contribution is 5.74. The maximum atomic E-state index is 10.3. The number of hydrogen-bond acceptors (Lipinski definition) is 5. The summed E-state index contributed by atoms with van der Waals surface area (Å²) in [4.78, 5) is 13.3. The Morgan fingerprint density at radius 2 is 2.58 bits per heavy atom. The fourth-order valence-corrected chi connectivity index (χ4v) is 0.756. The molecule has 12 heavy (non-hydrogen) atoms. The second kappa shape index (κ2) is 2.99. The van der Waals surface area contributed by atoms with Gasteiger partial charge in [0.15, 0.2) is 0 Å². The van der Waals surface area contributed by atoms with E-state index in [4.69, 9.17) is 5.21 Å². The molecule has 0 amide bonds. The summed E-state index contributed by atoms with van der Waals surface area (Å²) in [6, 6.07) is 0. The van der Waals surface area contributed by atoms with Gasteiger partial charge in [0.1, 0.15) is 12.4 Å². The van der Waals surface area contributed by atoms with Crippen LogP contribution in [0.4, 0.5) is 5.82 Å². The van der Waals surface area contributed by atoms with E-state index in [2.05, 4.69) is 10.1 Å². The molecule has 1 aromatic heterocycles. The Hall–Kier alpha value is -1.92. The van der Waals surface area contributed by atoms with Crippen LogP contribution in [0.15, 0.2) is 11.4 Å². The molecule has 1 N–H and O–H groups in total. The number of hydrogen-bond donors (Lipinski definition) is 1. The van der Waals surface area contributed by atoms with Crippen molar-refractivity contribution in [3.05, 3.63) is 22.1 Å². The quantitative estimate of drug-likeness (QED) is 0.295. The highest BCUT2D eigenvalue weighted by Crippen LogP contribution is 2.09. The van der Waals surface area contributed by atoms with Crippen LogP contribution in [0.3, 0.4) is 0 Å². The van der Waals surface area contributed by atoms with Crippen LogP contribution in [-0.4, -0.2) is 25.9 Å². The summed E-state index contributed by atoms with van der Waals surface area (Å²) >= 11 is 0. The van der Waals surface area contributed by atoms with Crippen molar-refractivity contribution in [2.24, 2.45) is 12.2 Å². The molecule has 0 atom stereocenters. The first-order chi connectivity index (χ1) is 5.66. The van der Waals surface area contributed by atoms with Crippen molar-refractivity contribution in [3.63, 3.8) is 0 Å². The molecule has 0 fully saturated rings. The highest BCUT2D eigenvalue weighted by Gasteiger charge is 2.14. The lowest BCUT2D eigenvalue weighted by atomic mass is 10.6. The second-order valence-electron chi connectivity index (χ2n) is 2.04. The summed E-state index contributed by atoms with van der Waals surface area (Å²) in [7, 11) is 1.46. The maximum absolute atomic E-state index is 10.3. The van der Waals surface area contributed by atoms with Crippen molar-refractivity contribution in [3.8, 4) is 0 Å². The Bertz CT molecular complexity index is 329. The Kier molecular flexibility index (Phi) is 2.04. The Morgan fingerprint density at radius 1 is 1.92 bits per heavy atom. The first-order valence-electron chi connectivity index (χ1n) is 3.00. The molecular formula is C5H6N4O3. The number of aromatic nitrogens is 2. The van der Waals surface area contributed by atoms with Gasteiger partial charge in [-0.3, -0.25) is 0 Å². The van der Waals surface area contributed by atoms with Gasteiger partial charge in [0.05, 0.1) is 7.05 Å². The van der Waals surface area contributed by atoms with Gasteiger partial charge in [0.2, 0.25) is 5.82 Å². The van der Waals surface area contributed by atoms with Crippen molar-refractivity contribution in [2.75, 3.05) is 0 Å². The molecule has 0 saturated heterocycles. The molecule has 0 bridgehead atoms. The summed E-state index contributed by atoms with van der Waals surface area (Å²) in [5.41, 5.74) is 0. The molecule has 0 unspecified atom stereocenters. The molecule has 64 valence electrons. The third-order valence-corrected chi connectivity index (χ3v) is 1.36. The van der Waals surface area contributed by atoms with Crippen molar-refractivity contribution in [1.29, 1.82) is 0 Å².